The Kier molecular flexibility index (Phi) is 3.96. The molecule has 0 rings (SSSR count). The maximum absolute atomic E-state index is 11.5. The van der Waals surface area contributed by atoms with Crippen LogP contribution in [0.2, 0.25) is 12.6 Å². The van der Waals surface area contributed by atoms with Crippen molar-refractivity contribution in [1.29, 1.82) is 0 Å². The van der Waals surface area contributed by atoms with Gasteiger partial charge in [-0.05, 0) is 12.6 Å². The highest BCUT2D eigenvalue weighted by Gasteiger charge is 2.27. The van der Waals surface area contributed by atoms with E-state index in [1.54, 1.807) is 6.55 Å². The number of alkyl halides is 3. The Hall–Kier alpha value is -0.0331. The fourth-order valence-electron chi connectivity index (χ4n) is 0.485. The molecular weight excluding hydrogens is 161 g/mol. The molecule has 0 aromatic heterocycles. The van der Waals surface area contributed by atoms with Gasteiger partial charge >= 0.3 is 6.18 Å². The molecule has 0 bridgehead atoms. The molecule has 0 radical (unpaired) electrons. The molecule has 10 heavy (non-hydrogen) atoms. The highest BCUT2D eigenvalue weighted by atomic mass is 28.3. The Labute approximate surface area is 59.9 Å². The predicted octanol–water partition coefficient (Wildman–Crippen LogP) is 1.94. The van der Waals surface area contributed by atoms with Gasteiger partial charge in [0.1, 0.15) is 0 Å². The van der Waals surface area contributed by atoms with Crippen molar-refractivity contribution < 1.29 is 17.6 Å². The molecule has 0 aliphatic rings. The van der Waals surface area contributed by atoms with Crippen LogP contribution in [0.25, 0.3) is 0 Å². The van der Waals surface area contributed by atoms with Gasteiger partial charge in [-0.3, -0.25) is 0 Å². The van der Waals surface area contributed by atoms with E-state index in [0.29, 0.717) is 0 Å². The quantitative estimate of drug-likeness (QED) is 0.591. The van der Waals surface area contributed by atoms with Gasteiger partial charge < -0.3 is 4.43 Å². The van der Waals surface area contributed by atoms with Crippen LogP contribution in [-0.2, 0) is 4.43 Å². The van der Waals surface area contributed by atoms with Crippen molar-refractivity contribution in [3.05, 3.63) is 0 Å². The van der Waals surface area contributed by atoms with Gasteiger partial charge in [-0.15, -0.1) is 0 Å². The number of halogens is 3. The Morgan fingerprint density at radius 1 is 1.40 bits per heavy atom. The minimum atomic E-state index is -4.01. The van der Waals surface area contributed by atoms with Crippen LogP contribution in [-0.4, -0.2) is 22.3 Å². The van der Waals surface area contributed by atoms with Crippen molar-refractivity contribution in [3.63, 3.8) is 0 Å². The summed E-state index contributed by atoms with van der Waals surface area (Å²) in [5, 5.41) is 0. The molecule has 0 N–H and O–H groups in total. The van der Waals surface area contributed by atoms with Crippen molar-refractivity contribution in [2.24, 2.45) is 0 Å². The normalized spacial score (nSPS) is 15.3. The molecule has 0 fully saturated rings. The third-order valence-electron chi connectivity index (χ3n) is 1.24. The van der Waals surface area contributed by atoms with Gasteiger partial charge in [-0.1, -0.05) is 0 Å². The van der Waals surface area contributed by atoms with Gasteiger partial charge in [-0.2, -0.15) is 13.2 Å². The Morgan fingerprint density at radius 2 is 1.90 bits per heavy atom. The van der Waals surface area contributed by atoms with Gasteiger partial charge in [0.05, 0.1) is 0 Å². The molecule has 0 aromatic carbocycles. The minimum Gasteiger partial charge on any atom is -0.423 e. The van der Waals surface area contributed by atoms with E-state index in [0.717, 1.165) is 0 Å². The maximum atomic E-state index is 11.5. The van der Waals surface area contributed by atoms with Crippen molar-refractivity contribution in [2.75, 3.05) is 7.11 Å². The molecule has 5 heteroatoms. The summed E-state index contributed by atoms with van der Waals surface area (Å²) in [4.78, 5) is 0. The number of rotatable bonds is 3. The first-order valence-corrected chi connectivity index (χ1v) is 5.49. The van der Waals surface area contributed by atoms with Crippen LogP contribution in [0.4, 0.5) is 13.2 Å². The van der Waals surface area contributed by atoms with E-state index in [1.807, 2.05) is 0 Å². The lowest BCUT2D eigenvalue weighted by Gasteiger charge is -2.08. The second-order valence-electron chi connectivity index (χ2n) is 2.20. The van der Waals surface area contributed by atoms with E-state index in [9.17, 15) is 13.2 Å². The van der Waals surface area contributed by atoms with Crippen molar-refractivity contribution in [2.45, 2.75) is 25.2 Å². The molecular formula is C5H11F3OSi. The van der Waals surface area contributed by atoms with Gasteiger partial charge in [0.15, 0.2) is 9.04 Å². The molecule has 0 amide bonds. The van der Waals surface area contributed by atoms with E-state index < -0.39 is 21.6 Å². The molecule has 0 aliphatic carbocycles. The van der Waals surface area contributed by atoms with Gasteiger partial charge in [0, 0.05) is 13.5 Å². The Bertz CT molecular complexity index is 93.4. The lowest BCUT2D eigenvalue weighted by atomic mass is 10.5. The first-order valence-electron chi connectivity index (χ1n) is 3.05. The average Bonchev–Trinajstić information content (AvgIpc) is 1.81. The Balaban J connectivity index is 3.36. The topological polar surface area (TPSA) is 9.23 Å². The summed E-state index contributed by atoms with van der Waals surface area (Å²) in [5.41, 5.74) is 0. The second kappa shape index (κ2) is 3.97. The average molecular weight is 172 g/mol. The molecule has 0 spiro atoms. The highest BCUT2D eigenvalue weighted by molar-refractivity contribution is 6.50. The molecule has 0 saturated carbocycles. The third-order valence-corrected chi connectivity index (χ3v) is 3.14. The summed E-state index contributed by atoms with van der Waals surface area (Å²) in [7, 11) is -0.0356. The van der Waals surface area contributed by atoms with E-state index in [1.165, 1.54) is 7.11 Å². The SMILES string of the molecule is CO[SiH](C)CCC(F)(F)F. The summed E-state index contributed by atoms with van der Waals surface area (Å²) < 4.78 is 39.3. The van der Waals surface area contributed by atoms with Crippen LogP contribution in [0.5, 0.6) is 0 Å². The van der Waals surface area contributed by atoms with Gasteiger partial charge in [0.25, 0.3) is 0 Å². The molecule has 62 valence electrons. The zero-order valence-corrected chi connectivity index (χ0v) is 7.19. The fraction of sp³-hybridized carbons (Fsp3) is 1.00. The monoisotopic (exact) mass is 172 g/mol. The van der Waals surface area contributed by atoms with Crippen LogP contribution in [0, 0.1) is 0 Å². The summed E-state index contributed by atoms with van der Waals surface area (Å²) in [6.07, 6.45) is -4.71. The molecule has 0 saturated heterocycles. The first-order chi connectivity index (χ1) is 4.45. The van der Waals surface area contributed by atoms with E-state index in [2.05, 4.69) is 0 Å². The first kappa shape index (κ1) is 9.97. The molecule has 0 heterocycles. The van der Waals surface area contributed by atoms with E-state index >= 15 is 0 Å². The standard InChI is InChI=1S/C5H11F3OSi/c1-9-10(2)4-3-5(6,7)8/h10H,3-4H2,1-2H3. The van der Waals surface area contributed by atoms with E-state index in [-0.39, 0.29) is 6.04 Å². The van der Waals surface area contributed by atoms with Crippen LogP contribution < -0.4 is 0 Å². The zero-order chi connectivity index (χ0) is 8.20. The Morgan fingerprint density at radius 3 is 2.20 bits per heavy atom. The zero-order valence-electron chi connectivity index (χ0n) is 6.03. The molecule has 0 aliphatic heterocycles. The van der Waals surface area contributed by atoms with Crippen LogP contribution in [0.3, 0.4) is 0 Å². The number of hydrogen-bond donors (Lipinski definition) is 0. The summed E-state index contributed by atoms with van der Waals surface area (Å²) in [5.74, 6) is 0. The summed E-state index contributed by atoms with van der Waals surface area (Å²) >= 11 is 0. The predicted molar refractivity (Wildman–Crippen MR) is 35.5 cm³/mol. The third kappa shape index (κ3) is 6.09. The maximum Gasteiger partial charge on any atom is 0.388 e. The molecule has 0 aromatic rings. The molecule has 1 unspecified atom stereocenters. The second-order valence-corrected chi connectivity index (χ2v) is 4.87. The minimum absolute atomic E-state index is 0.181. The van der Waals surface area contributed by atoms with Gasteiger partial charge in [0.2, 0.25) is 0 Å². The lowest BCUT2D eigenvalue weighted by Crippen LogP contribution is -2.15. The van der Waals surface area contributed by atoms with Crippen LogP contribution >= 0.6 is 0 Å². The van der Waals surface area contributed by atoms with Crippen LogP contribution in [0.15, 0.2) is 0 Å². The van der Waals surface area contributed by atoms with Crippen molar-refractivity contribution in [1.82, 2.24) is 0 Å². The lowest BCUT2D eigenvalue weighted by molar-refractivity contribution is -0.131. The largest absolute Gasteiger partial charge is 0.423 e. The summed E-state index contributed by atoms with van der Waals surface area (Å²) in [6, 6.07) is 0.181. The van der Waals surface area contributed by atoms with Crippen molar-refractivity contribution in [3.8, 4) is 0 Å². The summed E-state index contributed by atoms with van der Waals surface area (Å²) in [6.45, 7) is 1.76. The number of hydrogen-bond acceptors (Lipinski definition) is 1. The molecule has 1 atom stereocenters. The smallest absolute Gasteiger partial charge is 0.388 e. The van der Waals surface area contributed by atoms with Crippen LogP contribution in [0.1, 0.15) is 6.42 Å². The fourth-order valence-corrected chi connectivity index (χ4v) is 1.45. The van der Waals surface area contributed by atoms with E-state index in [4.69, 9.17) is 4.43 Å². The van der Waals surface area contributed by atoms with Gasteiger partial charge in [-0.25, -0.2) is 0 Å². The molecule has 1 nitrogen and oxygen atoms in total. The highest BCUT2D eigenvalue weighted by Crippen LogP contribution is 2.22. The van der Waals surface area contributed by atoms with Crippen molar-refractivity contribution >= 4 is 9.04 Å².